The fourth-order valence-corrected chi connectivity index (χ4v) is 2.11. The van der Waals surface area contributed by atoms with Crippen LogP contribution in [0.5, 0.6) is 0 Å². The summed E-state index contributed by atoms with van der Waals surface area (Å²) in [5.74, 6) is 0. The SMILES string of the molecule is CCc1ccc(NC2CCCCO2)c(C=N)c1. The maximum atomic E-state index is 7.47. The summed E-state index contributed by atoms with van der Waals surface area (Å²) in [6.07, 6.45) is 5.93. The highest BCUT2D eigenvalue weighted by Gasteiger charge is 2.14. The number of rotatable bonds is 4. The Morgan fingerprint density at radius 2 is 2.35 bits per heavy atom. The van der Waals surface area contributed by atoms with Gasteiger partial charge in [-0.15, -0.1) is 0 Å². The molecule has 2 rings (SSSR count). The number of anilines is 1. The highest BCUT2D eigenvalue weighted by Crippen LogP contribution is 2.20. The maximum Gasteiger partial charge on any atom is 0.127 e. The highest BCUT2D eigenvalue weighted by atomic mass is 16.5. The third-order valence-corrected chi connectivity index (χ3v) is 3.18. The summed E-state index contributed by atoms with van der Waals surface area (Å²) < 4.78 is 5.65. The van der Waals surface area contributed by atoms with Gasteiger partial charge in [0.1, 0.15) is 6.23 Å². The van der Waals surface area contributed by atoms with Crippen LogP contribution in [-0.2, 0) is 11.2 Å². The third kappa shape index (κ3) is 3.07. The van der Waals surface area contributed by atoms with Crippen LogP contribution >= 0.6 is 0 Å². The number of hydrogen-bond donors (Lipinski definition) is 2. The molecule has 1 aliphatic rings. The molecule has 1 atom stereocenters. The Labute approximate surface area is 103 Å². The van der Waals surface area contributed by atoms with Crippen LogP contribution in [0.3, 0.4) is 0 Å². The lowest BCUT2D eigenvalue weighted by Crippen LogP contribution is -2.27. The summed E-state index contributed by atoms with van der Waals surface area (Å²) >= 11 is 0. The van der Waals surface area contributed by atoms with Crippen molar-refractivity contribution in [2.45, 2.75) is 38.8 Å². The summed E-state index contributed by atoms with van der Waals surface area (Å²) in [5.41, 5.74) is 3.21. The van der Waals surface area contributed by atoms with Gasteiger partial charge in [-0.1, -0.05) is 13.0 Å². The second-order valence-electron chi connectivity index (χ2n) is 4.42. The van der Waals surface area contributed by atoms with Crippen molar-refractivity contribution in [2.24, 2.45) is 0 Å². The van der Waals surface area contributed by atoms with E-state index in [9.17, 15) is 0 Å². The van der Waals surface area contributed by atoms with Crippen molar-refractivity contribution >= 4 is 11.9 Å². The van der Waals surface area contributed by atoms with Crippen molar-refractivity contribution in [1.29, 1.82) is 5.41 Å². The Morgan fingerprint density at radius 3 is 3.00 bits per heavy atom. The number of nitrogens with one attached hydrogen (secondary N) is 2. The summed E-state index contributed by atoms with van der Waals surface area (Å²) in [4.78, 5) is 0. The summed E-state index contributed by atoms with van der Waals surface area (Å²) in [6.45, 7) is 2.96. The third-order valence-electron chi connectivity index (χ3n) is 3.18. The van der Waals surface area contributed by atoms with E-state index in [1.54, 1.807) is 0 Å². The van der Waals surface area contributed by atoms with Gasteiger partial charge in [-0.05, 0) is 43.4 Å². The van der Waals surface area contributed by atoms with E-state index in [4.69, 9.17) is 10.1 Å². The van der Waals surface area contributed by atoms with Gasteiger partial charge in [-0.2, -0.15) is 0 Å². The van der Waals surface area contributed by atoms with Gasteiger partial charge in [0.05, 0.1) is 0 Å². The molecule has 1 heterocycles. The zero-order chi connectivity index (χ0) is 12.1. The molecule has 17 heavy (non-hydrogen) atoms. The fraction of sp³-hybridized carbons (Fsp3) is 0.500. The number of hydrogen-bond acceptors (Lipinski definition) is 3. The van der Waals surface area contributed by atoms with Crippen LogP contribution < -0.4 is 5.32 Å². The van der Waals surface area contributed by atoms with Crippen LogP contribution in [0.25, 0.3) is 0 Å². The molecule has 0 spiro atoms. The molecule has 1 saturated heterocycles. The number of aryl methyl sites for hydroxylation is 1. The van der Waals surface area contributed by atoms with E-state index in [2.05, 4.69) is 30.4 Å². The van der Waals surface area contributed by atoms with Crippen LogP contribution in [0, 0.1) is 5.41 Å². The van der Waals surface area contributed by atoms with Crippen LogP contribution in [0.2, 0.25) is 0 Å². The monoisotopic (exact) mass is 232 g/mol. The largest absolute Gasteiger partial charge is 0.360 e. The zero-order valence-electron chi connectivity index (χ0n) is 10.3. The summed E-state index contributed by atoms with van der Waals surface area (Å²) in [7, 11) is 0. The van der Waals surface area contributed by atoms with E-state index >= 15 is 0 Å². The first-order valence-electron chi connectivity index (χ1n) is 6.35. The van der Waals surface area contributed by atoms with Gasteiger partial charge < -0.3 is 15.5 Å². The van der Waals surface area contributed by atoms with Crippen molar-refractivity contribution in [3.8, 4) is 0 Å². The lowest BCUT2D eigenvalue weighted by Gasteiger charge is -2.25. The molecule has 0 amide bonds. The van der Waals surface area contributed by atoms with E-state index in [1.807, 2.05) is 0 Å². The molecular formula is C14H20N2O. The fourth-order valence-electron chi connectivity index (χ4n) is 2.11. The van der Waals surface area contributed by atoms with E-state index in [0.717, 1.165) is 37.1 Å². The average molecular weight is 232 g/mol. The molecule has 0 bridgehead atoms. The van der Waals surface area contributed by atoms with Gasteiger partial charge in [0.25, 0.3) is 0 Å². The minimum Gasteiger partial charge on any atom is -0.360 e. The van der Waals surface area contributed by atoms with Gasteiger partial charge in [0.2, 0.25) is 0 Å². The molecule has 0 aromatic heterocycles. The molecule has 0 radical (unpaired) electrons. The Bertz CT molecular complexity index is 384. The molecule has 1 aliphatic heterocycles. The van der Waals surface area contributed by atoms with Crippen LogP contribution in [0.1, 0.15) is 37.3 Å². The van der Waals surface area contributed by atoms with Crippen LogP contribution in [0.4, 0.5) is 5.69 Å². The van der Waals surface area contributed by atoms with Crippen molar-refractivity contribution in [2.75, 3.05) is 11.9 Å². The first-order valence-corrected chi connectivity index (χ1v) is 6.35. The van der Waals surface area contributed by atoms with E-state index in [0.29, 0.717) is 0 Å². The molecular weight excluding hydrogens is 212 g/mol. The molecule has 3 heteroatoms. The van der Waals surface area contributed by atoms with Crippen molar-refractivity contribution in [3.63, 3.8) is 0 Å². The van der Waals surface area contributed by atoms with Gasteiger partial charge >= 0.3 is 0 Å². The summed E-state index contributed by atoms with van der Waals surface area (Å²) in [5, 5.41) is 10.8. The van der Waals surface area contributed by atoms with Crippen LogP contribution in [0.15, 0.2) is 18.2 Å². The second-order valence-corrected chi connectivity index (χ2v) is 4.42. The highest BCUT2D eigenvalue weighted by molar-refractivity contribution is 5.86. The Balaban J connectivity index is 2.11. The molecule has 92 valence electrons. The van der Waals surface area contributed by atoms with Crippen molar-refractivity contribution in [1.82, 2.24) is 0 Å². The lowest BCUT2D eigenvalue weighted by atomic mass is 10.1. The lowest BCUT2D eigenvalue weighted by molar-refractivity contribution is 0.0343. The molecule has 1 unspecified atom stereocenters. The van der Waals surface area contributed by atoms with E-state index in [1.165, 1.54) is 18.2 Å². The predicted molar refractivity (Wildman–Crippen MR) is 70.9 cm³/mol. The van der Waals surface area contributed by atoms with E-state index < -0.39 is 0 Å². The molecule has 0 aliphatic carbocycles. The van der Waals surface area contributed by atoms with Crippen LogP contribution in [-0.4, -0.2) is 19.0 Å². The molecule has 0 saturated carbocycles. The minimum atomic E-state index is 0.106. The molecule has 2 N–H and O–H groups in total. The quantitative estimate of drug-likeness (QED) is 0.783. The van der Waals surface area contributed by atoms with Gasteiger partial charge in [0.15, 0.2) is 0 Å². The molecule has 3 nitrogen and oxygen atoms in total. The Hall–Kier alpha value is -1.35. The Kier molecular flexibility index (Phi) is 4.15. The van der Waals surface area contributed by atoms with Gasteiger partial charge in [-0.3, -0.25) is 0 Å². The Morgan fingerprint density at radius 1 is 1.47 bits per heavy atom. The normalized spacial score (nSPS) is 19.9. The predicted octanol–water partition coefficient (Wildman–Crippen LogP) is 3.19. The smallest absolute Gasteiger partial charge is 0.127 e. The zero-order valence-corrected chi connectivity index (χ0v) is 10.3. The van der Waals surface area contributed by atoms with Crippen molar-refractivity contribution in [3.05, 3.63) is 29.3 Å². The van der Waals surface area contributed by atoms with Crippen molar-refractivity contribution < 1.29 is 4.74 Å². The van der Waals surface area contributed by atoms with Gasteiger partial charge in [-0.25, -0.2) is 0 Å². The minimum absolute atomic E-state index is 0.106. The first kappa shape index (κ1) is 12.1. The number of benzene rings is 1. The molecule has 1 fully saturated rings. The average Bonchev–Trinajstić information content (AvgIpc) is 2.40. The second kappa shape index (κ2) is 5.82. The number of ether oxygens (including phenoxy) is 1. The topological polar surface area (TPSA) is 45.1 Å². The maximum absolute atomic E-state index is 7.47. The van der Waals surface area contributed by atoms with E-state index in [-0.39, 0.29) is 6.23 Å². The standard InChI is InChI=1S/C14H20N2O/c1-2-11-6-7-13(12(9-11)10-15)16-14-5-3-4-8-17-14/h6-7,9-10,14-16H,2-5,8H2,1H3. The first-order chi connectivity index (χ1) is 8.33. The molecule has 1 aromatic rings. The summed E-state index contributed by atoms with van der Waals surface area (Å²) in [6, 6.07) is 6.23. The molecule has 1 aromatic carbocycles. The van der Waals surface area contributed by atoms with Gasteiger partial charge in [0, 0.05) is 24.1 Å².